The third kappa shape index (κ3) is 1.75. The lowest BCUT2D eigenvalue weighted by atomic mass is 9.72. The van der Waals surface area contributed by atoms with Gasteiger partial charge in [-0.25, -0.2) is 0 Å². The fraction of sp³-hybridized carbons (Fsp3) is 0.316. The first-order chi connectivity index (χ1) is 10.2. The van der Waals surface area contributed by atoms with Gasteiger partial charge in [0.2, 0.25) is 5.91 Å². The van der Waals surface area contributed by atoms with Crippen molar-refractivity contribution in [3.05, 3.63) is 65.7 Å². The lowest BCUT2D eigenvalue weighted by Gasteiger charge is -2.28. The molecule has 0 aromatic heterocycles. The molecular weight excluding hydrogens is 258 g/mol. The predicted octanol–water partition coefficient (Wildman–Crippen LogP) is 3.55. The van der Waals surface area contributed by atoms with E-state index >= 15 is 0 Å². The molecule has 0 saturated heterocycles. The molecule has 106 valence electrons. The Bertz CT molecular complexity index is 690. The van der Waals surface area contributed by atoms with Crippen LogP contribution in [-0.2, 0) is 16.6 Å². The molecule has 21 heavy (non-hydrogen) atoms. The van der Waals surface area contributed by atoms with Crippen molar-refractivity contribution >= 4 is 11.6 Å². The molecule has 1 atom stereocenters. The Labute approximate surface area is 125 Å². The number of hydrogen-bond acceptors (Lipinski definition) is 1. The van der Waals surface area contributed by atoms with Gasteiger partial charge in [0.15, 0.2) is 0 Å². The van der Waals surface area contributed by atoms with Crippen LogP contribution >= 0.6 is 0 Å². The molecule has 1 amide bonds. The zero-order valence-corrected chi connectivity index (χ0v) is 12.3. The van der Waals surface area contributed by atoms with E-state index < -0.39 is 0 Å². The van der Waals surface area contributed by atoms with Crippen LogP contribution in [0.25, 0.3) is 0 Å². The molecule has 4 rings (SSSR count). The summed E-state index contributed by atoms with van der Waals surface area (Å²) in [6.07, 6.45) is 3.15. The number of benzene rings is 2. The normalized spacial score (nSPS) is 24.2. The second-order valence-corrected chi connectivity index (χ2v) is 6.29. The van der Waals surface area contributed by atoms with Crippen molar-refractivity contribution in [3.63, 3.8) is 0 Å². The zero-order valence-electron chi connectivity index (χ0n) is 12.3. The van der Waals surface area contributed by atoms with Crippen LogP contribution in [0, 0.1) is 5.92 Å². The van der Waals surface area contributed by atoms with Gasteiger partial charge < -0.3 is 4.90 Å². The minimum Gasteiger partial charge on any atom is -0.314 e. The van der Waals surface area contributed by atoms with E-state index in [0.29, 0.717) is 5.92 Å². The van der Waals surface area contributed by atoms with Crippen molar-refractivity contribution in [1.29, 1.82) is 0 Å². The largest absolute Gasteiger partial charge is 0.314 e. The summed E-state index contributed by atoms with van der Waals surface area (Å²) in [6, 6.07) is 18.7. The standard InChI is InChI=1S/C19H19NO/c1-20-17-10-6-5-9-16(17)19(18(20)21,15-11-12-15)13-14-7-3-2-4-8-14/h2-10,15H,11-13H2,1H3. The molecule has 0 radical (unpaired) electrons. The van der Waals surface area contributed by atoms with Gasteiger partial charge >= 0.3 is 0 Å². The average Bonchev–Trinajstić information content (AvgIpc) is 3.35. The topological polar surface area (TPSA) is 20.3 Å². The molecule has 1 aliphatic carbocycles. The van der Waals surface area contributed by atoms with E-state index in [4.69, 9.17) is 0 Å². The molecule has 2 aliphatic rings. The van der Waals surface area contributed by atoms with Crippen LogP contribution in [0.15, 0.2) is 54.6 Å². The molecule has 1 unspecified atom stereocenters. The molecule has 1 saturated carbocycles. The summed E-state index contributed by atoms with van der Waals surface area (Å²) in [6.45, 7) is 0. The molecule has 2 aromatic carbocycles. The molecule has 1 fully saturated rings. The van der Waals surface area contributed by atoms with E-state index in [1.807, 2.05) is 24.1 Å². The maximum Gasteiger partial charge on any atom is 0.238 e. The van der Waals surface area contributed by atoms with E-state index in [0.717, 1.165) is 12.1 Å². The number of para-hydroxylation sites is 1. The van der Waals surface area contributed by atoms with Gasteiger partial charge in [0.1, 0.15) is 0 Å². The highest BCUT2D eigenvalue weighted by Gasteiger charge is 2.57. The number of amides is 1. The smallest absolute Gasteiger partial charge is 0.238 e. The Kier molecular flexibility index (Phi) is 2.68. The van der Waals surface area contributed by atoms with Crippen molar-refractivity contribution < 1.29 is 4.79 Å². The lowest BCUT2D eigenvalue weighted by molar-refractivity contribution is -0.123. The quantitative estimate of drug-likeness (QED) is 0.840. The van der Waals surface area contributed by atoms with Gasteiger partial charge in [-0.1, -0.05) is 48.5 Å². The number of rotatable bonds is 3. The van der Waals surface area contributed by atoms with Gasteiger partial charge in [0.25, 0.3) is 0 Å². The van der Waals surface area contributed by atoms with Crippen molar-refractivity contribution in [2.24, 2.45) is 5.92 Å². The second-order valence-electron chi connectivity index (χ2n) is 6.29. The molecule has 0 spiro atoms. The van der Waals surface area contributed by atoms with Crippen LogP contribution in [0.2, 0.25) is 0 Å². The van der Waals surface area contributed by atoms with Gasteiger partial charge in [-0.05, 0) is 42.4 Å². The van der Waals surface area contributed by atoms with Crippen LogP contribution in [0.3, 0.4) is 0 Å². The van der Waals surface area contributed by atoms with Crippen LogP contribution in [0.5, 0.6) is 0 Å². The Morgan fingerprint density at radius 1 is 1.05 bits per heavy atom. The highest BCUT2D eigenvalue weighted by atomic mass is 16.2. The zero-order chi connectivity index (χ0) is 14.4. The predicted molar refractivity (Wildman–Crippen MR) is 84.4 cm³/mol. The van der Waals surface area contributed by atoms with E-state index in [2.05, 4.69) is 42.5 Å². The van der Waals surface area contributed by atoms with Crippen LogP contribution in [0.1, 0.15) is 24.0 Å². The summed E-state index contributed by atoms with van der Waals surface area (Å²) in [4.78, 5) is 15.0. The number of hydrogen-bond donors (Lipinski definition) is 0. The van der Waals surface area contributed by atoms with Crippen molar-refractivity contribution in [2.75, 3.05) is 11.9 Å². The first-order valence-corrected chi connectivity index (χ1v) is 7.65. The van der Waals surface area contributed by atoms with Crippen molar-refractivity contribution in [1.82, 2.24) is 0 Å². The minimum atomic E-state index is -0.341. The first-order valence-electron chi connectivity index (χ1n) is 7.65. The van der Waals surface area contributed by atoms with Gasteiger partial charge in [-0.15, -0.1) is 0 Å². The number of anilines is 1. The second kappa shape index (κ2) is 4.45. The SMILES string of the molecule is CN1C(=O)C(Cc2ccccc2)(C2CC2)c2ccccc21. The monoisotopic (exact) mass is 277 g/mol. The Hall–Kier alpha value is -2.09. The summed E-state index contributed by atoms with van der Waals surface area (Å²) < 4.78 is 0. The number of carbonyl (C=O) groups excluding carboxylic acids is 1. The van der Waals surface area contributed by atoms with E-state index in [-0.39, 0.29) is 11.3 Å². The highest BCUT2D eigenvalue weighted by molar-refractivity contribution is 6.08. The van der Waals surface area contributed by atoms with Gasteiger partial charge in [-0.3, -0.25) is 4.79 Å². The minimum absolute atomic E-state index is 0.273. The maximum atomic E-state index is 13.1. The summed E-state index contributed by atoms with van der Waals surface area (Å²) >= 11 is 0. The molecule has 1 aliphatic heterocycles. The van der Waals surface area contributed by atoms with Crippen LogP contribution in [-0.4, -0.2) is 13.0 Å². The summed E-state index contributed by atoms with van der Waals surface area (Å²) in [5, 5.41) is 0. The van der Waals surface area contributed by atoms with Crippen LogP contribution in [0.4, 0.5) is 5.69 Å². The number of fused-ring (bicyclic) bond motifs is 1. The third-order valence-electron chi connectivity index (χ3n) is 5.03. The first kappa shape index (κ1) is 12.6. The maximum absolute atomic E-state index is 13.1. The van der Waals surface area contributed by atoms with Gasteiger partial charge in [-0.2, -0.15) is 0 Å². The highest BCUT2D eigenvalue weighted by Crippen LogP contribution is 2.55. The molecule has 1 heterocycles. The summed E-state index contributed by atoms with van der Waals surface area (Å²) in [5.41, 5.74) is 3.23. The van der Waals surface area contributed by atoms with Crippen LogP contribution < -0.4 is 4.90 Å². The van der Waals surface area contributed by atoms with Gasteiger partial charge in [0, 0.05) is 12.7 Å². The number of nitrogens with zero attached hydrogens (tertiary/aromatic N) is 1. The average molecular weight is 277 g/mol. The lowest BCUT2D eigenvalue weighted by Crippen LogP contribution is -2.42. The number of likely N-dealkylation sites (N-methyl/N-ethyl adjacent to an activating group) is 1. The molecule has 0 bridgehead atoms. The molecule has 2 aromatic rings. The van der Waals surface area contributed by atoms with E-state index in [1.54, 1.807) is 0 Å². The fourth-order valence-corrected chi connectivity index (χ4v) is 3.87. The Morgan fingerprint density at radius 2 is 1.71 bits per heavy atom. The molecule has 2 heteroatoms. The molecule has 2 nitrogen and oxygen atoms in total. The van der Waals surface area contributed by atoms with Crippen molar-refractivity contribution in [2.45, 2.75) is 24.7 Å². The third-order valence-corrected chi connectivity index (χ3v) is 5.03. The van der Waals surface area contributed by atoms with E-state index in [9.17, 15) is 4.79 Å². The Morgan fingerprint density at radius 3 is 2.43 bits per heavy atom. The molecule has 0 N–H and O–H groups in total. The summed E-state index contributed by atoms with van der Waals surface area (Å²) in [7, 11) is 1.91. The van der Waals surface area contributed by atoms with Crippen molar-refractivity contribution in [3.8, 4) is 0 Å². The summed E-state index contributed by atoms with van der Waals surface area (Å²) in [5.74, 6) is 0.770. The fourth-order valence-electron chi connectivity index (χ4n) is 3.87. The molecular formula is C19H19NO. The van der Waals surface area contributed by atoms with Gasteiger partial charge in [0.05, 0.1) is 5.41 Å². The number of carbonyl (C=O) groups is 1. The Balaban J connectivity index is 1.87. The van der Waals surface area contributed by atoms with E-state index in [1.165, 1.54) is 24.0 Å².